The van der Waals surface area contributed by atoms with Crippen LogP contribution in [0.3, 0.4) is 0 Å². The standard InChI is InChI=1S/C79H55N5/c1-6-24-54(25-7-1)78(80-55-42-46-74-66(50-55)64-34-16-20-38-72(64)82(74)57-28-10-3-11-29-57)49-48-63-62-45-43-61(52-70(62)79(71(63)53-78)68-36-18-22-40-76(68)84(59-32-14-5-15-33-59)77-41-23-19-37-69(77)79)81(56-26-8-2-9-27-56)60-44-47-75-67(51-60)65-35-17-21-39-73(65)83(75)58-30-12-4-13-31-58/h1-52,80H,53H2. The lowest BCUT2D eigenvalue weighted by molar-refractivity contribution is 0.554. The van der Waals surface area contributed by atoms with Gasteiger partial charge in [0.05, 0.1) is 44.4 Å². The molecule has 1 N–H and O–H groups in total. The van der Waals surface area contributed by atoms with Crippen LogP contribution < -0.4 is 15.1 Å². The van der Waals surface area contributed by atoms with Gasteiger partial charge in [-0.2, -0.15) is 0 Å². The fraction of sp³-hybridized carbons (Fsp3) is 0.0380. The maximum absolute atomic E-state index is 4.32. The Balaban J connectivity index is 0.886. The molecular weight excluding hydrogens is 1020 g/mol. The molecule has 5 heteroatoms. The van der Waals surface area contributed by atoms with E-state index >= 15 is 0 Å². The summed E-state index contributed by atoms with van der Waals surface area (Å²) in [6, 6.07) is 112. The van der Waals surface area contributed by atoms with Crippen LogP contribution >= 0.6 is 0 Å². The summed E-state index contributed by atoms with van der Waals surface area (Å²) in [6.45, 7) is 0. The second-order valence-electron chi connectivity index (χ2n) is 22.5. The van der Waals surface area contributed by atoms with Gasteiger partial charge in [-0.1, -0.05) is 194 Å². The number of nitrogens with zero attached hydrogens (tertiary/aromatic N) is 4. The molecule has 396 valence electrons. The van der Waals surface area contributed by atoms with E-state index in [1.54, 1.807) is 0 Å². The number of hydrogen-bond donors (Lipinski definition) is 1. The van der Waals surface area contributed by atoms with Gasteiger partial charge in [-0.15, -0.1) is 0 Å². The zero-order valence-electron chi connectivity index (χ0n) is 46.0. The minimum atomic E-state index is -0.728. The van der Waals surface area contributed by atoms with E-state index in [-0.39, 0.29) is 0 Å². The van der Waals surface area contributed by atoms with E-state index in [0.29, 0.717) is 6.42 Å². The molecule has 0 radical (unpaired) electrons. The predicted molar refractivity (Wildman–Crippen MR) is 350 cm³/mol. The van der Waals surface area contributed by atoms with Crippen molar-refractivity contribution >= 4 is 89.0 Å². The number of anilines is 7. The van der Waals surface area contributed by atoms with Crippen LogP contribution in [0.1, 0.15) is 34.2 Å². The van der Waals surface area contributed by atoms with E-state index in [4.69, 9.17) is 0 Å². The Morgan fingerprint density at radius 1 is 0.357 bits per heavy atom. The molecule has 0 saturated carbocycles. The number of rotatable bonds is 9. The average molecular weight is 1070 g/mol. The van der Waals surface area contributed by atoms with Crippen molar-refractivity contribution in [2.45, 2.75) is 17.4 Å². The van der Waals surface area contributed by atoms with E-state index in [1.807, 2.05) is 0 Å². The number of para-hydroxylation sites is 8. The summed E-state index contributed by atoms with van der Waals surface area (Å²) in [6.07, 6.45) is 5.60. The first-order valence-electron chi connectivity index (χ1n) is 29.1. The first-order chi connectivity index (χ1) is 41.6. The summed E-state index contributed by atoms with van der Waals surface area (Å²) in [4.78, 5) is 4.95. The second kappa shape index (κ2) is 18.8. The Kier molecular flexibility index (Phi) is 10.7. The maximum atomic E-state index is 4.32. The Labute approximate surface area is 488 Å². The number of fused-ring (bicyclic) bond motifs is 14. The maximum Gasteiger partial charge on any atom is 0.0851 e. The summed E-state index contributed by atoms with van der Waals surface area (Å²) >= 11 is 0. The summed E-state index contributed by atoms with van der Waals surface area (Å²) < 4.78 is 4.79. The van der Waals surface area contributed by atoms with E-state index < -0.39 is 11.0 Å². The molecule has 17 rings (SSSR count). The lowest BCUT2D eigenvalue weighted by Crippen LogP contribution is -2.42. The molecule has 0 bridgehead atoms. The van der Waals surface area contributed by atoms with E-state index in [2.05, 4.69) is 340 Å². The van der Waals surface area contributed by atoms with Crippen molar-refractivity contribution in [1.82, 2.24) is 9.13 Å². The third kappa shape index (κ3) is 7.09. The van der Waals surface area contributed by atoms with Gasteiger partial charge in [0, 0.05) is 67.8 Å². The number of aromatic nitrogens is 2. The molecule has 1 unspecified atom stereocenters. The molecule has 0 saturated heterocycles. The highest BCUT2D eigenvalue weighted by Crippen LogP contribution is 2.66. The number of hydrogen-bond acceptors (Lipinski definition) is 3. The Morgan fingerprint density at radius 2 is 0.833 bits per heavy atom. The van der Waals surface area contributed by atoms with Crippen molar-refractivity contribution < 1.29 is 0 Å². The lowest BCUT2D eigenvalue weighted by Gasteiger charge is -2.48. The highest BCUT2D eigenvalue weighted by molar-refractivity contribution is 6.12. The molecule has 5 nitrogen and oxygen atoms in total. The Bertz CT molecular complexity index is 4910. The molecule has 3 heterocycles. The highest BCUT2D eigenvalue weighted by Gasteiger charge is 2.55. The molecule has 2 aliphatic carbocycles. The highest BCUT2D eigenvalue weighted by atomic mass is 15.2. The molecule has 1 atom stereocenters. The fourth-order valence-corrected chi connectivity index (χ4v) is 14.7. The van der Waals surface area contributed by atoms with Crippen molar-refractivity contribution in [3.05, 3.63) is 349 Å². The molecule has 1 spiro atoms. The molecule has 0 amide bonds. The van der Waals surface area contributed by atoms with Crippen LogP contribution in [0.4, 0.5) is 39.8 Å². The number of allylic oxidation sites excluding steroid dienone is 2. The number of nitrogens with one attached hydrogen (secondary N) is 1. The zero-order valence-corrected chi connectivity index (χ0v) is 46.0. The molecule has 14 aromatic rings. The minimum Gasteiger partial charge on any atom is -0.372 e. The van der Waals surface area contributed by atoms with Crippen molar-refractivity contribution in [3.8, 4) is 11.4 Å². The summed E-state index contributed by atoms with van der Waals surface area (Å²) in [7, 11) is 0. The Hall–Kier alpha value is -10.9. The van der Waals surface area contributed by atoms with Gasteiger partial charge in [0.15, 0.2) is 0 Å². The summed E-state index contributed by atoms with van der Waals surface area (Å²) in [5.41, 5.74) is 22.3. The lowest BCUT2D eigenvalue weighted by atomic mass is 9.60. The third-order valence-corrected chi connectivity index (χ3v) is 18.1. The van der Waals surface area contributed by atoms with Crippen LogP contribution in [0.25, 0.3) is 60.6 Å². The SMILES string of the molecule is C1=CC(Nc2ccc3c(c2)c2ccccc2n3-c2ccccc2)(c2ccccc2)CC2=C1c1ccc(N(c3ccccc3)c3ccc4c(c3)c3ccccc3n4-c3ccccc3)cc1C21c2ccccc2N(c2ccccc2)c2ccccc21. The largest absolute Gasteiger partial charge is 0.372 e. The van der Waals surface area contributed by atoms with E-state index in [1.165, 1.54) is 93.9 Å². The van der Waals surface area contributed by atoms with Crippen LogP contribution in [0.2, 0.25) is 0 Å². The molecule has 2 aromatic heterocycles. The van der Waals surface area contributed by atoms with E-state index in [9.17, 15) is 0 Å². The Morgan fingerprint density at radius 3 is 1.45 bits per heavy atom. The van der Waals surface area contributed by atoms with Gasteiger partial charge in [-0.3, -0.25) is 0 Å². The second-order valence-corrected chi connectivity index (χ2v) is 22.5. The van der Waals surface area contributed by atoms with Crippen LogP contribution in [0, 0.1) is 0 Å². The fourth-order valence-electron chi connectivity index (χ4n) is 14.7. The van der Waals surface area contributed by atoms with Crippen molar-refractivity contribution in [2.24, 2.45) is 0 Å². The van der Waals surface area contributed by atoms with Crippen LogP contribution in [-0.4, -0.2) is 9.13 Å². The number of benzene rings is 12. The first kappa shape index (κ1) is 47.9. The summed E-state index contributed by atoms with van der Waals surface area (Å²) in [5, 5.41) is 9.17. The van der Waals surface area contributed by atoms with Crippen LogP contribution in [0.5, 0.6) is 0 Å². The quantitative estimate of drug-likeness (QED) is 0.156. The van der Waals surface area contributed by atoms with Crippen molar-refractivity contribution in [3.63, 3.8) is 0 Å². The van der Waals surface area contributed by atoms with Gasteiger partial charge in [0.25, 0.3) is 0 Å². The molecule has 1 aliphatic heterocycles. The average Bonchev–Trinajstić information content (AvgIpc) is 1.45. The van der Waals surface area contributed by atoms with Gasteiger partial charge < -0.3 is 24.3 Å². The van der Waals surface area contributed by atoms with Gasteiger partial charge in [0.2, 0.25) is 0 Å². The third-order valence-electron chi connectivity index (χ3n) is 18.1. The smallest absolute Gasteiger partial charge is 0.0851 e. The van der Waals surface area contributed by atoms with Gasteiger partial charge in [-0.05, 0) is 160 Å². The van der Waals surface area contributed by atoms with Gasteiger partial charge in [0.1, 0.15) is 0 Å². The van der Waals surface area contributed by atoms with Crippen LogP contribution in [0.15, 0.2) is 321 Å². The predicted octanol–water partition coefficient (Wildman–Crippen LogP) is 20.2. The van der Waals surface area contributed by atoms with E-state index in [0.717, 1.165) is 39.8 Å². The molecule has 84 heavy (non-hydrogen) atoms. The molecule has 0 fully saturated rings. The molecule has 12 aromatic carbocycles. The van der Waals surface area contributed by atoms with Crippen LogP contribution in [-0.2, 0) is 11.0 Å². The monoisotopic (exact) mass is 1070 g/mol. The van der Waals surface area contributed by atoms with Crippen molar-refractivity contribution in [1.29, 1.82) is 0 Å². The zero-order chi connectivity index (χ0) is 55.3. The summed E-state index contributed by atoms with van der Waals surface area (Å²) in [5.74, 6) is 0. The first-order valence-corrected chi connectivity index (χ1v) is 29.1. The van der Waals surface area contributed by atoms with Crippen molar-refractivity contribution in [2.75, 3.05) is 15.1 Å². The molecule has 3 aliphatic rings. The molecular formula is C79H55N5. The minimum absolute atomic E-state index is 0.658. The topological polar surface area (TPSA) is 28.4 Å². The van der Waals surface area contributed by atoms with Gasteiger partial charge in [-0.25, -0.2) is 0 Å². The normalized spacial score (nSPS) is 15.6. The van der Waals surface area contributed by atoms with Gasteiger partial charge >= 0.3 is 0 Å².